The first kappa shape index (κ1) is 13.9. The number of aliphatic carboxylic acids is 1. The molecule has 0 aromatic heterocycles. The molecule has 0 rings (SSSR count). The number of carbonyl (C=O) groups is 2. The second kappa shape index (κ2) is 5.73. The zero-order chi connectivity index (χ0) is 12.1. The summed E-state index contributed by atoms with van der Waals surface area (Å²) in [6, 6.07) is 0. The SMILES string of the molecule is CCC(C)C(=O)NC(C)(CC)CC(=O)O. The Balaban J connectivity index is 4.43. The van der Waals surface area contributed by atoms with E-state index in [1.807, 2.05) is 20.8 Å². The molecule has 0 aliphatic carbocycles. The molecule has 1 amide bonds. The van der Waals surface area contributed by atoms with E-state index in [1.165, 1.54) is 0 Å². The molecule has 2 N–H and O–H groups in total. The van der Waals surface area contributed by atoms with E-state index in [1.54, 1.807) is 6.92 Å². The van der Waals surface area contributed by atoms with Crippen LogP contribution in [0.3, 0.4) is 0 Å². The maximum atomic E-state index is 11.6. The molecule has 0 spiro atoms. The number of hydrogen-bond acceptors (Lipinski definition) is 2. The summed E-state index contributed by atoms with van der Waals surface area (Å²) < 4.78 is 0. The van der Waals surface area contributed by atoms with E-state index < -0.39 is 11.5 Å². The normalized spacial score (nSPS) is 16.5. The maximum absolute atomic E-state index is 11.6. The molecule has 15 heavy (non-hydrogen) atoms. The molecule has 0 bridgehead atoms. The van der Waals surface area contributed by atoms with Crippen LogP contribution in [0.5, 0.6) is 0 Å². The van der Waals surface area contributed by atoms with Crippen LogP contribution in [-0.2, 0) is 9.59 Å². The van der Waals surface area contributed by atoms with Crippen LogP contribution in [0.15, 0.2) is 0 Å². The Hall–Kier alpha value is -1.06. The molecular formula is C11H21NO3. The lowest BCUT2D eigenvalue weighted by atomic mass is 9.93. The van der Waals surface area contributed by atoms with Crippen LogP contribution in [0.25, 0.3) is 0 Å². The van der Waals surface area contributed by atoms with Crippen molar-refractivity contribution in [3.63, 3.8) is 0 Å². The molecule has 4 heteroatoms. The van der Waals surface area contributed by atoms with Gasteiger partial charge in [0.2, 0.25) is 5.91 Å². The monoisotopic (exact) mass is 215 g/mol. The number of rotatable bonds is 6. The highest BCUT2D eigenvalue weighted by Crippen LogP contribution is 2.15. The number of nitrogens with one attached hydrogen (secondary N) is 1. The van der Waals surface area contributed by atoms with Gasteiger partial charge in [-0.2, -0.15) is 0 Å². The summed E-state index contributed by atoms with van der Waals surface area (Å²) >= 11 is 0. The van der Waals surface area contributed by atoms with E-state index in [-0.39, 0.29) is 18.2 Å². The lowest BCUT2D eigenvalue weighted by Gasteiger charge is -2.29. The Labute approximate surface area is 91.1 Å². The van der Waals surface area contributed by atoms with Gasteiger partial charge in [-0.3, -0.25) is 9.59 Å². The fourth-order valence-corrected chi connectivity index (χ4v) is 1.20. The maximum Gasteiger partial charge on any atom is 0.305 e. The van der Waals surface area contributed by atoms with Crippen molar-refractivity contribution in [1.82, 2.24) is 5.32 Å². The van der Waals surface area contributed by atoms with Gasteiger partial charge in [0.25, 0.3) is 0 Å². The zero-order valence-electron chi connectivity index (χ0n) is 9.96. The van der Waals surface area contributed by atoms with E-state index in [4.69, 9.17) is 5.11 Å². The van der Waals surface area contributed by atoms with Gasteiger partial charge in [0.05, 0.1) is 6.42 Å². The van der Waals surface area contributed by atoms with Crippen LogP contribution in [0.2, 0.25) is 0 Å². The summed E-state index contributed by atoms with van der Waals surface area (Å²) in [4.78, 5) is 22.3. The summed E-state index contributed by atoms with van der Waals surface area (Å²) in [7, 11) is 0. The third kappa shape index (κ3) is 4.81. The fraction of sp³-hybridized carbons (Fsp3) is 0.818. The summed E-state index contributed by atoms with van der Waals surface area (Å²) in [6.45, 7) is 7.41. The predicted molar refractivity (Wildman–Crippen MR) is 58.5 cm³/mol. The molecule has 2 unspecified atom stereocenters. The van der Waals surface area contributed by atoms with Gasteiger partial charge in [0.1, 0.15) is 0 Å². The van der Waals surface area contributed by atoms with Crippen molar-refractivity contribution in [2.24, 2.45) is 5.92 Å². The molecule has 4 nitrogen and oxygen atoms in total. The first-order valence-corrected chi connectivity index (χ1v) is 5.38. The van der Waals surface area contributed by atoms with Crippen LogP contribution in [-0.4, -0.2) is 22.5 Å². The van der Waals surface area contributed by atoms with Crippen LogP contribution in [0.1, 0.15) is 47.0 Å². The Kier molecular flexibility index (Phi) is 5.33. The number of hydrogen-bond donors (Lipinski definition) is 2. The highest BCUT2D eigenvalue weighted by atomic mass is 16.4. The Morgan fingerprint density at radius 2 is 1.93 bits per heavy atom. The van der Waals surface area contributed by atoms with Crippen molar-refractivity contribution < 1.29 is 14.7 Å². The van der Waals surface area contributed by atoms with Crippen LogP contribution < -0.4 is 5.32 Å². The smallest absolute Gasteiger partial charge is 0.305 e. The highest BCUT2D eigenvalue weighted by Gasteiger charge is 2.28. The lowest BCUT2D eigenvalue weighted by Crippen LogP contribution is -2.48. The number of amides is 1. The van der Waals surface area contributed by atoms with Gasteiger partial charge >= 0.3 is 5.97 Å². The molecule has 0 heterocycles. The van der Waals surface area contributed by atoms with Gasteiger partial charge in [-0.1, -0.05) is 20.8 Å². The molecular weight excluding hydrogens is 194 g/mol. The van der Waals surface area contributed by atoms with E-state index in [0.717, 1.165) is 6.42 Å². The average molecular weight is 215 g/mol. The number of carbonyl (C=O) groups excluding carboxylic acids is 1. The van der Waals surface area contributed by atoms with Gasteiger partial charge in [-0.15, -0.1) is 0 Å². The van der Waals surface area contributed by atoms with Crippen molar-refractivity contribution >= 4 is 11.9 Å². The summed E-state index contributed by atoms with van der Waals surface area (Å²) in [5.74, 6) is -1.02. The first-order valence-electron chi connectivity index (χ1n) is 5.38. The minimum atomic E-state index is -0.885. The van der Waals surface area contributed by atoms with E-state index in [2.05, 4.69) is 5.32 Å². The molecule has 0 saturated carbocycles. The minimum Gasteiger partial charge on any atom is -0.481 e. The predicted octanol–water partition coefficient (Wildman–Crippen LogP) is 1.79. The van der Waals surface area contributed by atoms with Gasteiger partial charge < -0.3 is 10.4 Å². The van der Waals surface area contributed by atoms with Crippen molar-refractivity contribution in [3.8, 4) is 0 Å². The standard InChI is InChI=1S/C11H21NO3/c1-5-8(3)10(15)12-11(4,6-2)7-9(13)14/h8H,5-7H2,1-4H3,(H,12,15)(H,13,14). The second-order valence-electron chi connectivity index (χ2n) is 4.28. The third-order valence-corrected chi connectivity index (χ3v) is 2.81. The summed E-state index contributed by atoms with van der Waals surface area (Å²) in [6.07, 6.45) is 1.34. The molecule has 0 aliphatic heterocycles. The van der Waals surface area contributed by atoms with Gasteiger partial charge in [0, 0.05) is 11.5 Å². The van der Waals surface area contributed by atoms with Crippen LogP contribution >= 0.6 is 0 Å². The molecule has 0 aromatic carbocycles. The van der Waals surface area contributed by atoms with E-state index in [9.17, 15) is 9.59 Å². The van der Waals surface area contributed by atoms with Crippen molar-refractivity contribution in [1.29, 1.82) is 0 Å². The molecule has 2 atom stereocenters. The zero-order valence-corrected chi connectivity index (χ0v) is 9.96. The van der Waals surface area contributed by atoms with Crippen LogP contribution in [0.4, 0.5) is 0 Å². The van der Waals surface area contributed by atoms with Gasteiger partial charge in [-0.25, -0.2) is 0 Å². The molecule has 0 aromatic rings. The minimum absolute atomic E-state index is 0.0360. The Morgan fingerprint density at radius 1 is 1.40 bits per heavy atom. The summed E-state index contributed by atoms with van der Waals surface area (Å²) in [5, 5.41) is 11.5. The third-order valence-electron chi connectivity index (χ3n) is 2.81. The molecule has 0 saturated heterocycles. The van der Waals surface area contributed by atoms with Crippen LogP contribution in [0, 0.1) is 5.92 Å². The number of carboxylic acid groups (broad SMARTS) is 1. The van der Waals surface area contributed by atoms with Gasteiger partial charge in [0.15, 0.2) is 0 Å². The second-order valence-corrected chi connectivity index (χ2v) is 4.28. The van der Waals surface area contributed by atoms with Crippen molar-refractivity contribution in [2.75, 3.05) is 0 Å². The average Bonchev–Trinajstić information content (AvgIpc) is 2.15. The quantitative estimate of drug-likeness (QED) is 0.710. The first-order chi connectivity index (χ1) is 6.84. The largest absolute Gasteiger partial charge is 0.481 e. The number of carboxylic acids is 1. The highest BCUT2D eigenvalue weighted by molar-refractivity contribution is 5.80. The fourth-order valence-electron chi connectivity index (χ4n) is 1.20. The Bertz CT molecular complexity index is 240. The topological polar surface area (TPSA) is 66.4 Å². The lowest BCUT2D eigenvalue weighted by molar-refractivity contribution is -0.139. The molecule has 0 fully saturated rings. The van der Waals surface area contributed by atoms with E-state index >= 15 is 0 Å². The molecule has 0 radical (unpaired) electrons. The summed E-state index contributed by atoms with van der Waals surface area (Å²) in [5.41, 5.74) is -0.633. The van der Waals surface area contributed by atoms with Crippen molar-refractivity contribution in [3.05, 3.63) is 0 Å². The molecule has 88 valence electrons. The van der Waals surface area contributed by atoms with Gasteiger partial charge in [-0.05, 0) is 19.8 Å². The van der Waals surface area contributed by atoms with Crippen molar-refractivity contribution in [2.45, 2.75) is 52.5 Å². The van der Waals surface area contributed by atoms with E-state index in [0.29, 0.717) is 6.42 Å². The molecule has 0 aliphatic rings. The Morgan fingerprint density at radius 3 is 2.27 bits per heavy atom.